The minimum Gasteiger partial charge on any atom is -0.495 e. The van der Waals surface area contributed by atoms with E-state index in [-0.39, 0.29) is 12.7 Å². The van der Waals surface area contributed by atoms with Crippen LogP contribution in [0.3, 0.4) is 0 Å². The Bertz CT molecular complexity index is 527. The zero-order chi connectivity index (χ0) is 15.2. The minimum absolute atomic E-state index is 0.0928. The van der Waals surface area contributed by atoms with E-state index < -0.39 is 0 Å². The zero-order valence-corrected chi connectivity index (χ0v) is 12.7. The van der Waals surface area contributed by atoms with Crippen LogP contribution in [0.2, 0.25) is 0 Å². The maximum absolute atomic E-state index is 9.33. The quantitative estimate of drug-likeness (QED) is 0.801. The molecule has 114 valence electrons. The second-order valence-electron chi connectivity index (χ2n) is 5.68. The van der Waals surface area contributed by atoms with Crippen molar-refractivity contribution < 1.29 is 14.9 Å². The molecule has 0 radical (unpaired) electrons. The van der Waals surface area contributed by atoms with Crippen molar-refractivity contribution in [3.63, 3.8) is 0 Å². The van der Waals surface area contributed by atoms with Crippen LogP contribution in [0.15, 0.2) is 18.2 Å². The van der Waals surface area contributed by atoms with E-state index in [0.717, 1.165) is 37.2 Å². The molecule has 0 amide bonds. The van der Waals surface area contributed by atoms with E-state index >= 15 is 0 Å². The van der Waals surface area contributed by atoms with Crippen molar-refractivity contribution in [1.82, 2.24) is 4.90 Å². The first kappa shape index (κ1) is 15.8. The smallest absolute Gasteiger partial charge is 0.134 e. The third kappa shape index (κ3) is 4.47. The molecule has 1 aromatic carbocycles. The molecule has 0 aromatic heterocycles. The van der Waals surface area contributed by atoms with Gasteiger partial charge in [-0.2, -0.15) is 0 Å². The largest absolute Gasteiger partial charge is 0.495 e. The van der Waals surface area contributed by atoms with Crippen LogP contribution in [0.25, 0.3) is 0 Å². The molecule has 1 aliphatic carbocycles. The maximum Gasteiger partial charge on any atom is 0.134 e. The van der Waals surface area contributed by atoms with Crippen molar-refractivity contribution in [2.75, 3.05) is 27.3 Å². The van der Waals surface area contributed by atoms with Gasteiger partial charge in [-0.05, 0) is 43.5 Å². The van der Waals surface area contributed by atoms with Crippen LogP contribution in [0.1, 0.15) is 24.0 Å². The summed E-state index contributed by atoms with van der Waals surface area (Å²) in [5.74, 6) is 6.91. The van der Waals surface area contributed by atoms with Crippen molar-refractivity contribution >= 4 is 0 Å². The van der Waals surface area contributed by atoms with Crippen LogP contribution in [0, 0.1) is 17.8 Å². The fourth-order valence-electron chi connectivity index (χ4n) is 2.75. The van der Waals surface area contributed by atoms with Gasteiger partial charge >= 0.3 is 0 Å². The second kappa shape index (κ2) is 7.46. The summed E-state index contributed by atoms with van der Waals surface area (Å²) in [4.78, 5) is 2.27. The third-order valence-corrected chi connectivity index (χ3v) is 3.80. The number of aliphatic hydroxyl groups excluding tert-OH is 2. The van der Waals surface area contributed by atoms with Crippen LogP contribution in [-0.4, -0.2) is 48.5 Å². The molecule has 21 heavy (non-hydrogen) atoms. The summed E-state index contributed by atoms with van der Waals surface area (Å²) < 4.78 is 5.28. The van der Waals surface area contributed by atoms with Gasteiger partial charge in [0.2, 0.25) is 0 Å². The van der Waals surface area contributed by atoms with E-state index in [1.54, 1.807) is 7.11 Å². The van der Waals surface area contributed by atoms with Crippen LogP contribution < -0.4 is 4.74 Å². The highest BCUT2D eigenvalue weighted by molar-refractivity contribution is 5.48. The second-order valence-corrected chi connectivity index (χ2v) is 5.68. The average Bonchev–Trinajstić information content (AvgIpc) is 2.43. The molecule has 4 nitrogen and oxygen atoms in total. The SMILES string of the molecule is COc1ccc(CN(C)CC2CC(O)C2)cc1C#CCO. The highest BCUT2D eigenvalue weighted by Crippen LogP contribution is 2.28. The Morgan fingerprint density at radius 2 is 2.14 bits per heavy atom. The molecule has 0 atom stereocenters. The van der Waals surface area contributed by atoms with E-state index in [1.165, 1.54) is 5.56 Å². The van der Waals surface area contributed by atoms with Gasteiger partial charge in [0.15, 0.2) is 0 Å². The first-order valence-corrected chi connectivity index (χ1v) is 7.25. The predicted octanol–water partition coefficient (Wildman–Crippen LogP) is 1.24. The molecule has 0 aliphatic heterocycles. The lowest BCUT2D eigenvalue weighted by Gasteiger charge is -2.34. The Hall–Kier alpha value is -1.54. The number of aliphatic hydroxyl groups is 2. The Labute approximate surface area is 126 Å². The molecule has 1 saturated carbocycles. The molecule has 0 heterocycles. The molecule has 0 saturated heterocycles. The fourth-order valence-corrected chi connectivity index (χ4v) is 2.75. The zero-order valence-electron chi connectivity index (χ0n) is 12.7. The molecule has 2 N–H and O–H groups in total. The highest BCUT2D eigenvalue weighted by atomic mass is 16.5. The van der Waals surface area contributed by atoms with E-state index in [1.807, 2.05) is 18.2 Å². The van der Waals surface area contributed by atoms with Gasteiger partial charge in [0.1, 0.15) is 12.4 Å². The third-order valence-electron chi connectivity index (χ3n) is 3.80. The number of hydrogen-bond acceptors (Lipinski definition) is 4. The normalized spacial score (nSPS) is 20.6. The summed E-state index contributed by atoms with van der Waals surface area (Å²) in [5, 5.41) is 18.1. The molecular formula is C17H23NO3. The molecule has 1 fully saturated rings. The number of ether oxygens (including phenoxy) is 1. The topological polar surface area (TPSA) is 52.9 Å². The summed E-state index contributed by atoms with van der Waals surface area (Å²) >= 11 is 0. The van der Waals surface area contributed by atoms with Crippen molar-refractivity contribution in [3.05, 3.63) is 29.3 Å². The first-order valence-electron chi connectivity index (χ1n) is 7.25. The predicted molar refractivity (Wildman–Crippen MR) is 82.0 cm³/mol. The van der Waals surface area contributed by atoms with Gasteiger partial charge in [0.05, 0.1) is 18.8 Å². The summed E-state index contributed by atoms with van der Waals surface area (Å²) in [6.45, 7) is 1.68. The van der Waals surface area contributed by atoms with Crippen molar-refractivity contribution in [3.8, 4) is 17.6 Å². The average molecular weight is 289 g/mol. The Morgan fingerprint density at radius 3 is 2.76 bits per heavy atom. The van der Waals surface area contributed by atoms with Gasteiger partial charge in [-0.15, -0.1) is 0 Å². The van der Waals surface area contributed by atoms with Gasteiger partial charge in [0, 0.05) is 13.1 Å². The number of hydrogen-bond donors (Lipinski definition) is 2. The Balaban J connectivity index is 1.99. The van der Waals surface area contributed by atoms with Crippen LogP contribution >= 0.6 is 0 Å². The maximum atomic E-state index is 9.33. The van der Waals surface area contributed by atoms with Crippen molar-refractivity contribution in [1.29, 1.82) is 0 Å². The highest BCUT2D eigenvalue weighted by Gasteiger charge is 2.27. The Morgan fingerprint density at radius 1 is 1.38 bits per heavy atom. The Kier molecular flexibility index (Phi) is 5.63. The van der Waals surface area contributed by atoms with Crippen LogP contribution in [0.4, 0.5) is 0 Å². The monoisotopic (exact) mass is 289 g/mol. The van der Waals surface area contributed by atoms with Crippen LogP contribution in [0.5, 0.6) is 5.75 Å². The lowest BCUT2D eigenvalue weighted by Crippen LogP contribution is -2.36. The summed E-state index contributed by atoms with van der Waals surface area (Å²) in [5.41, 5.74) is 1.97. The van der Waals surface area contributed by atoms with Gasteiger partial charge in [-0.3, -0.25) is 0 Å². The van der Waals surface area contributed by atoms with Gasteiger partial charge in [-0.1, -0.05) is 17.9 Å². The first-order chi connectivity index (χ1) is 10.1. The lowest BCUT2D eigenvalue weighted by molar-refractivity contribution is 0.0274. The fraction of sp³-hybridized carbons (Fsp3) is 0.529. The molecule has 1 aliphatic rings. The summed E-state index contributed by atoms with van der Waals surface area (Å²) in [6, 6.07) is 5.96. The summed E-state index contributed by atoms with van der Waals surface area (Å²) in [7, 11) is 3.71. The van der Waals surface area contributed by atoms with E-state index in [0.29, 0.717) is 5.92 Å². The number of methoxy groups -OCH3 is 1. The molecule has 0 unspecified atom stereocenters. The minimum atomic E-state index is -0.155. The molecule has 1 aromatic rings. The van der Waals surface area contributed by atoms with E-state index in [2.05, 4.69) is 23.8 Å². The van der Waals surface area contributed by atoms with E-state index in [4.69, 9.17) is 9.84 Å². The van der Waals surface area contributed by atoms with Crippen molar-refractivity contribution in [2.24, 2.45) is 5.92 Å². The number of rotatable bonds is 5. The number of nitrogens with zero attached hydrogens (tertiary/aromatic N) is 1. The van der Waals surface area contributed by atoms with Gasteiger partial charge in [-0.25, -0.2) is 0 Å². The molecule has 0 spiro atoms. The van der Waals surface area contributed by atoms with Gasteiger partial charge in [0.25, 0.3) is 0 Å². The molecule has 2 rings (SSSR count). The molecule has 4 heteroatoms. The lowest BCUT2D eigenvalue weighted by atomic mass is 9.82. The van der Waals surface area contributed by atoms with Gasteiger partial charge < -0.3 is 19.8 Å². The molecular weight excluding hydrogens is 266 g/mol. The summed E-state index contributed by atoms with van der Waals surface area (Å²) in [6.07, 6.45) is 1.74. The number of benzene rings is 1. The van der Waals surface area contributed by atoms with Crippen LogP contribution in [-0.2, 0) is 6.54 Å². The van der Waals surface area contributed by atoms with E-state index in [9.17, 15) is 5.11 Å². The van der Waals surface area contributed by atoms with Crippen molar-refractivity contribution in [2.45, 2.75) is 25.5 Å². The standard InChI is InChI=1S/C17H23NO3/c1-18(12-14-9-16(20)10-14)11-13-5-6-17(21-2)15(8-13)4-3-7-19/h5-6,8,14,16,19-20H,7,9-12H2,1-2H3. The molecule has 0 bridgehead atoms.